The van der Waals surface area contributed by atoms with Crippen LogP contribution in [0.5, 0.6) is 0 Å². The van der Waals surface area contributed by atoms with Crippen LogP contribution in [-0.2, 0) is 0 Å². The number of aromatic nitrogens is 5. The van der Waals surface area contributed by atoms with Gasteiger partial charge in [0.2, 0.25) is 0 Å². The molecule has 0 spiro atoms. The van der Waals surface area contributed by atoms with Crippen molar-refractivity contribution >= 4 is 22.2 Å². The molecule has 29 heavy (non-hydrogen) atoms. The van der Waals surface area contributed by atoms with Crippen LogP contribution >= 0.6 is 0 Å². The molecule has 1 saturated carbocycles. The second-order valence-corrected chi connectivity index (χ2v) is 8.34. The van der Waals surface area contributed by atoms with Gasteiger partial charge in [0.1, 0.15) is 11.3 Å². The molecule has 0 bridgehead atoms. The lowest BCUT2D eigenvalue weighted by molar-refractivity contribution is 0.334. The summed E-state index contributed by atoms with van der Waals surface area (Å²) in [7, 11) is 0. The van der Waals surface area contributed by atoms with E-state index in [4.69, 9.17) is 9.97 Å². The van der Waals surface area contributed by atoms with Crippen LogP contribution < -0.4 is 0 Å². The van der Waals surface area contributed by atoms with Crippen LogP contribution in [0, 0.1) is 20.8 Å². The van der Waals surface area contributed by atoms with Gasteiger partial charge in [0, 0.05) is 47.2 Å². The van der Waals surface area contributed by atoms with Crippen LogP contribution in [0.2, 0.25) is 0 Å². The number of imidazole rings is 2. The average Bonchev–Trinajstić information content (AvgIpc) is 3.28. The first-order chi connectivity index (χ1) is 14.1. The Morgan fingerprint density at radius 1 is 0.897 bits per heavy atom. The smallest absolute Gasteiger partial charge is 0.146 e. The molecular formula is C24H23N5. The fourth-order valence-electron chi connectivity index (χ4n) is 4.85. The van der Waals surface area contributed by atoms with Crippen LogP contribution in [0.1, 0.15) is 53.0 Å². The zero-order valence-corrected chi connectivity index (χ0v) is 16.9. The van der Waals surface area contributed by atoms with Crippen molar-refractivity contribution in [2.75, 3.05) is 0 Å². The number of hydrogen-bond donors (Lipinski definition) is 0. The van der Waals surface area contributed by atoms with Crippen molar-refractivity contribution < 1.29 is 0 Å². The fraction of sp³-hybridized carbons (Fsp3) is 0.292. The molecule has 0 aromatic carbocycles. The molecule has 5 nitrogen and oxygen atoms in total. The third-order valence-corrected chi connectivity index (χ3v) is 6.68. The first-order valence-electron chi connectivity index (χ1n) is 10.3. The highest BCUT2D eigenvalue weighted by Gasteiger charge is 2.38. The highest BCUT2D eigenvalue weighted by Crippen LogP contribution is 2.49. The van der Waals surface area contributed by atoms with Crippen molar-refractivity contribution in [2.24, 2.45) is 0 Å². The van der Waals surface area contributed by atoms with Crippen LogP contribution in [-0.4, -0.2) is 23.8 Å². The van der Waals surface area contributed by atoms with Gasteiger partial charge in [-0.2, -0.15) is 0 Å². The van der Waals surface area contributed by atoms with Gasteiger partial charge in [-0.3, -0.25) is 4.98 Å². The molecule has 5 aromatic rings. The first kappa shape index (κ1) is 16.7. The highest BCUT2D eigenvalue weighted by molar-refractivity contribution is 5.91. The van der Waals surface area contributed by atoms with Crippen LogP contribution in [0.3, 0.4) is 0 Å². The van der Waals surface area contributed by atoms with E-state index in [-0.39, 0.29) is 0 Å². The number of pyridine rings is 3. The van der Waals surface area contributed by atoms with E-state index in [9.17, 15) is 0 Å². The molecule has 0 aliphatic heterocycles. The quantitative estimate of drug-likeness (QED) is 0.426. The molecule has 1 aliphatic carbocycles. The summed E-state index contributed by atoms with van der Waals surface area (Å²) in [5.74, 6) is 0.855. The van der Waals surface area contributed by atoms with Crippen LogP contribution in [0.15, 0.2) is 48.9 Å². The fourth-order valence-corrected chi connectivity index (χ4v) is 4.85. The van der Waals surface area contributed by atoms with E-state index in [0.717, 1.165) is 28.6 Å². The Bertz CT molecular complexity index is 1370. The van der Waals surface area contributed by atoms with Gasteiger partial charge in [-0.05, 0) is 63.4 Å². The molecule has 2 unspecified atom stereocenters. The molecule has 6 rings (SSSR count). The lowest BCUT2D eigenvalue weighted by Crippen LogP contribution is -2.23. The molecule has 2 atom stereocenters. The minimum Gasteiger partial charge on any atom is -0.304 e. The zero-order valence-electron chi connectivity index (χ0n) is 16.9. The summed E-state index contributed by atoms with van der Waals surface area (Å²) in [6.45, 7) is 6.46. The van der Waals surface area contributed by atoms with Gasteiger partial charge in [0.25, 0.3) is 0 Å². The lowest BCUT2D eigenvalue weighted by Gasteiger charge is -2.34. The molecule has 5 heteroatoms. The number of rotatable bonds is 2. The Morgan fingerprint density at radius 3 is 2.55 bits per heavy atom. The van der Waals surface area contributed by atoms with Crippen molar-refractivity contribution in [3.8, 4) is 0 Å². The summed E-state index contributed by atoms with van der Waals surface area (Å²) in [6.07, 6.45) is 8.51. The van der Waals surface area contributed by atoms with Gasteiger partial charge >= 0.3 is 0 Å². The monoisotopic (exact) mass is 381 g/mol. The molecule has 0 N–H and O–H groups in total. The molecule has 0 saturated heterocycles. The standard InChI is InChI=1S/C24H23N5/c1-14-6-7-15(2)29-13-21(26-23(14)29)17-8-9-18(17)22-16(3)28-12-10-20-19(24(28)27-22)5-4-11-25-20/h4-7,10-13,17-18H,8-9H2,1-3H3. The predicted octanol–water partition coefficient (Wildman–Crippen LogP) is 5.12. The van der Waals surface area contributed by atoms with E-state index in [0.29, 0.717) is 11.8 Å². The lowest BCUT2D eigenvalue weighted by atomic mass is 9.70. The third-order valence-electron chi connectivity index (χ3n) is 6.68. The SMILES string of the molecule is Cc1ccc(C)n2cc(C3CCC3c3nc4c5cccnc5ccn4c3C)nc12. The van der Waals surface area contributed by atoms with Crippen molar-refractivity contribution in [3.63, 3.8) is 0 Å². The highest BCUT2D eigenvalue weighted by atomic mass is 15.0. The maximum atomic E-state index is 5.12. The van der Waals surface area contributed by atoms with E-state index < -0.39 is 0 Å². The molecule has 1 fully saturated rings. The molecular weight excluding hydrogens is 358 g/mol. The maximum absolute atomic E-state index is 5.12. The number of hydrogen-bond acceptors (Lipinski definition) is 3. The van der Waals surface area contributed by atoms with Gasteiger partial charge in [0.05, 0.1) is 16.9 Å². The summed E-state index contributed by atoms with van der Waals surface area (Å²) in [5.41, 5.74) is 9.17. The van der Waals surface area contributed by atoms with Crippen LogP contribution in [0.4, 0.5) is 0 Å². The Hall–Kier alpha value is -3.21. The van der Waals surface area contributed by atoms with Gasteiger partial charge in [-0.1, -0.05) is 6.07 Å². The van der Waals surface area contributed by atoms with Crippen LogP contribution in [0.25, 0.3) is 22.2 Å². The van der Waals surface area contributed by atoms with Crippen molar-refractivity contribution in [1.82, 2.24) is 23.8 Å². The second kappa shape index (κ2) is 5.89. The maximum Gasteiger partial charge on any atom is 0.146 e. The van der Waals surface area contributed by atoms with E-state index in [1.807, 2.05) is 12.3 Å². The van der Waals surface area contributed by atoms with Gasteiger partial charge < -0.3 is 8.80 Å². The Kier molecular flexibility index (Phi) is 3.40. The Morgan fingerprint density at radius 2 is 1.76 bits per heavy atom. The summed E-state index contributed by atoms with van der Waals surface area (Å²) >= 11 is 0. The topological polar surface area (TPSA) is 47.5 Å². The number of aryl methyl sites for hydroxylation is 3. The van der Waals surface area contributed by atoms with Crippen molar-refractivity contribution in [2.45, 2.75) is 45.4 Å². The normalized spacial score (nSPS) is 19.3. The van der Waals surface area contributed by atoms with Crippen molar-refractivity contribution in [1.29, 1.82) is 0 Å². The summed E-state index contributed by atoms with van der Waals surface area (Å²) in [4.78, 5) is 14.6. The first-order valence-corrected chi connectivity index (χ1v) is 10.3. The molecule has 1 aliphatic rings. The molecule has 0 radical (unpaired) electrons. The van der Waals surface area contributed by atoms with Gasteiger partial charge in [0.15, 0.2) is 0 Å². The summed E-state index contributed by atoms with van der Waals surface area (Å²) < 4.78 is 4.45. The van der Waals surface area contributed by atoms with E-state index in [1.54, 1.807) is 0 Å². The minimum atomic E-state index is 0.423. The average molecular weight is 381 g/mol. The number of nitrogens with zero attached hydrogens (tertiary/aromatic N) is 5. The predicted molar refractivity (Wildman–Crippen MR) is 115 cm³/mol. The third kappa shape index (κ3) is 2.30. The second-order valence-electron chi connectivity index (χ2n) is 8.34. The Balaban J connectivity index is 1.47. The number of fused-ring (bicyclic) bond motifs is 4. The molecule has 144 valence electrons. The van der Waals surface area contributed by atoms with E-state index in [2.05, 4.69) is 71.2 Å². The molecule has 0 amide bonds. The summed E-state index contributed by atoms with van der Waals surface area (Å²) in [6, 6.07) is 10.5. The molecule has 5 heterocycles. The van der Waals surface area contributed by atoms with Crippen molar-refractivity contribution in [3.05, 3.63) is 77.3 Å². The van der Waals surface area contributed by atoms with Gasteiger partial charge in [-0.25, -0.2) is 9.97 Å². The molecule has 5 aromatic heterocycles. The van der Waals surface area contributed by atoms with Gasteiger partial charge in [-0.15, -0.1) is 0 Å². The van der Waals surface area contributed by atoms with E-state index in [1.165, 1.54) is 34.8 Å². The largest absolute Gasteiger partial charge is 0.304 e. The minimum absolute atomic E-state index is 0.423. The van der Waals surface area contributed by atoms with E-state index >= 15 is 0 Å². The zero-order chi connectivity index (χ0) is 19.7. The summed E-state index contributed by atoms with van der Waals surface area (Å²) in [5, 5.41) is 1.11. The Labute approximate surface area is 169 Å².